The van der Waals surface area contributed by atoms with E-state index in [0.29, 0.717) is 0 Å². The Bertz CT molecular complexity index is 420. The monoisotopic (exact) mass is 142 g/mol. The van der Waals surface area contributed by atoms with Gasteiger partial charge in [-0.3, -0.25) is 4.98 Å². The summed E-state index contributed by atoms with van der Waals surface area (Å²) < 4.78 is 0. The SMILES string of the molecule is C#Cc1cncc2[nH]ccc12. The number of hydrogen-bond acceptors (Lipinski definition) is 1. The lowest BCUT2D eigenvalue weighted by molar-refractivity contribution is 1.33. The number of rotatable bonds is 0. The second kappa shape index (κ2) is 2.14. The number of hydrogen-bond donors (Lipinski definition) is 1. The molecule has 11 heavy (non-hydrogen) atoms. The zero-order valence-corrected chi connectivity index (χ0v) is 5.83. The molecule has 0 aromatic carbocycles. The normalized spacial score (nSPS) is 9.73. The lowest BCUT2D eigenvalue weighted by atomic mass is 10.2. The number of nitrogens with one attached hydrogen (secondary N) is 1. The highest BCUT2D eigenvalue weighted by Gasteiger charge is 1.97. The van der Waals surface area contributed by atoms with Gasteiger partial charge in [0, 0.05) is 17.8 Å². The van der Waals surface area contributed by atoms with Crippen LogP contribution in [0.25, 0.3) is 10.9 Å². The Morgan fingerprint density at radius 3 is 3.18 bits per heavy atom. The third kappa shape index (κ3) is 0.786. The maximum Gasteiger partial charge on any atom is 0.0653 e. The molecule has 0 unspecified atom stereocenters. The quantitative estimate of drug-likeness (QED) is 0.555. The summed E-state index contributed by atoms with van der Waals surface area (Å²) in [7, 11) is 0. The van der Waals surface area contributed by atoms with Crippen molar-refractivity contribution in [2.45, 2.75) is 0 Å². The summed E-state index contributed by atoms with van der Waals surface area (Å²) in [5.41, 5.74) is 1.82. The van der Waals surface area contributed by atoms with E-state index in [1.54, 1.807) is 12.4 Å². The van der Waals surface area contributed by atoms with Crippen LogP contribution in [0.2, 0.25) is 0 Å². The Kier molecular flexibility index (Phi) is 1.16. The van der Waals surface area contributed by atoms with E-state index < -0.39 is 0 Å². The second-order valence-corrected chi connectivity index (χ2v) is 2.27. The van der Waals surface area contributed by atoms with E-state index in [9.17, 15) is 0 Å². The molecule has 0 aliphatic carbocycles. The van der Waals surface area contributed by atoms with Crippen molar-refractivity contribution in [1.29, 1.82) is 0 Å². The van der Waals surface area contributed by atoms with Gasteiger partial charge in [0.1, 0.15) is 0 Å². The van der Waals surface area contributed by atoms with E-state index in [2.05, 4.69) is 15.9 Å². The molecule has 0 saturated heterocycles. The van der Waals surface area contributed by atoms with Crippen LogP contribution < -0.4 is 0 Å². The molecule has 2 nitrogen and oxygen atoms in total. The standard InChI is InChI=1S/C9H6N2/c1-2-7-5-10-6-9-8(7)3-4-11-9/h1,3-6,11H. The highest BCUT2D eigenvalue weighted by Crippen LogP contribution is 2.13. The Morgan fingerprint density at radius 2 is 2.36 bits per heavy atom. The average molecular weight is 142 g/mol. The van der Waals surface area contributed by atoms with E-state index in [1.165, 1.54) is 0 Å². The minimum absolute atomic E-state index is 0.837. The summed E-state index contributed by atoms with van der Waals surface area (Å²) in [5.74, 6) is 2.57. The number of fused-ring (bicyclic) bond motifs is 1. The molecule has 2 aromatic heterocycles. The average Bonchev–Trinajstić information content (AvgIpc) is 2.50. The van der Waals surface area contributed by atoms with Gasteiger partial charge in [0.15, 0.2) is 0 Å². The minimum atomic E-state index is 0.837. The fraction of sp³-hybridized carbons (Fsp3) is 0. The van der Waals surface area contributed by atoms with Gasteiger partial charge in [-0.1, -0.05) is 5.92 Å². The van der Waals surface area contributed by atoms with Crippen molar-refractivity contribution < 1.29 is 0 Å². The summed E-state index contributed by atoms with van der Waals surface area (Å²) in [6.45, 7) is 0. The lowest BCUT2D eigenvalue weighted by Crippen LogP contribution is -1.78. The van der Waals surface area contributed by atoms with Crippen LogP contribution in [0.15, 0.2) is 24.7 Å². The molecule has 2 rings (SSSR count). The zero-order valence-electron chi connectivity index (χ0n) is 5.83. The third-order valence-electron chi connectivity index (χ3n) is 1.63. The van der Waals surface area contributed by atoms with Crippen molar-refractivity contribution in [3.8, 4) is 12.3 Å². The van der Waals surface area contributed by atoms with Gasteiger partial charge >= 0.3 is 0 Å². The fourth-order valence-electron chi connectivity index (χ4n) is 1.09. The van der Waals surface area contributed by atoms with Crippen LogP contribution in [-0.2, 0) is 0 Å². The molecular weight excluding hydrogens is 136 g/mol. The number of H-pyrrole nitrogens is 1. The number of aromatic amines is 1. The molecule has 0 bridgehead atoms. The van der Waals surface area contributed by atoms with Crippen LogP contribution in [0.5, 0.6) is 0 Å². The Balaban J connectivity index is 2.92. The maximum atomic E-state index is 5.27. The van der Waals surface area contributed by atoms with Crippen LogP contribution in [0.1, 0.15) is 5.56 Å². The lowest BCUT2D eigenvalue weighted by Gasteiger charge is -1.90. The van der Waals surface area contributed by atoms with Gasteiger partial charge in [-0.05, 0) is 6.07 Å². The number of nitrogens with zero attached hydrogens (tertiary/aromatic N) is 1. The van der Waals surface area contributed by atoms with Gasteiger partial charge in [-0.15, -0.1) is 6.42 Å². The highest BCUT2D eigenvalue weighted by atomic mass is 14.7. The molecule has 2 heterocycles. The summed E-state index contributed by atoms with van der Waals surface area (Å²) >= 11 is 0. The van der Waals surface area contributed by atoms with E-state index >= 15 is 0 Å². The number of terminal acetylenes is 1. The summed E-state index contributed by atoms with van der Waals surface area (Å²) in [6, 6.07) is 1.95. The first-order valence-electron chi connectivity index (χ1n) is 3.29. The third-order valence-corrected chi connectivity index (χ3v) is 1.63. The Labute approximate surface area is 64.3 Å². The van der Waals surface area contributed by atoms with E-state index in [0.717, 1.165) is 16.5 Å². The summed E-state index contributed by atoms with van der Waals surface area (Å²) in [4.78, 5) is 7.02. The molecule has 1 N–H and O–H groups in total. The Hall–Kier alpha value is -1.75. The molecule has 0 radical (unpaired) electrons. The van der Waals surface area contributed by atoms with Crippen molar-refractivity contribution in [3.05, 3.63) is 30.2 Å². The van der Waals surface area contributed by atoms with Crippen molar-refractivity contribution in [2.24, 2.45) is 0 Å². The molecule has 0 atom stereocenters. The smallest absolute Gasteiger partial charge is 0.0653 e. The summed E-state index contributed by atoms with van der Waals surface area (Å²) in [5, 5.41) is 1.06. The first-order valence-corrected chi connectivity index (χ1v) is 3.29. The zero-order chi connectivity index (χ0) is 7.68. The van der Waals surface area contributed by atoms with Crippen LogP contribution in [-0.4, -0.2) is 9.97 Å². The first-order chi connectivity index (χ1) is 5.42. The van der Waals surface area contributed by atoms with Gasteiger partial charge in [0.25, 0.3) is 0 Å². The van der Waals surface area contributed by atoms with Crippen LogP contribution in [0.3, 0.4) is 0 Å². The van der Waals surface area contributed by atoms with Crippen LogP contribution in [0.4, 0.5) is 0 Å². The second-order valence-electron chi connectivity index (χ2n) is 2.27. The van der Waals surface area contributed by atoms with Gasteiger partial charge < -0.3 is 4.98 Å². The maximum absolute atomic E-state index is 5.27. The van der Waals surface area contributed by atoms with Crippen LogP contribution >= 0.6 is 0 Å². The largest absolute Gasteiger partial charge is 0.360 e. The topological polar surface area (TPSA) is 28.7 Å². The molecule has 0 spiro atoms. The van der Waals surface area contributed by atoms with Crippen molar-refractivity contribution in [1.82, 2.24) is 9.97 Å². The number of pyridine rings is 1. The predicted molar refractivity (Wildman–Crippen MR) is 44.0 cm³/mol. The first kappa shape index (κ1) is 5.99. The van der Waals surface area contributed by atoms with E-state index in [1.807, 2.05) is 12.3 Å². The van der Waals surface area contributed by atoms with Crippen LogP contribution in [0, 0.1) is 12.3 Å². The van der Waals surface area contributed by atoms with Gasteiger partial charge in [-0.2, -0.15) is 0 Å². The van der Waals surface area contributed by atoms with E-state index in [4.69, 9.17) is 6.42 Å². The van der Waals surface area contributed by atoms with Gasteiger partial charge in [-0.25, -0.2) is 0 Å². The fourth-order valence-corrected chi connectivity index (χ4v) is 1.09. The number of aromatic nitrogens is 2. The Morgan fingerprint density at radius 1 is 1.45 bits per heavy atom. The van der Waals surface area contributed by atoms with Gasteiger partial charge in [0.05, 0.1) is 17.3 Å². The molecule has 0 aliphatic heterocycles. The van der Waals surface area contributed by atoms with Crippen molar-refractivity contribution in [3.63, 3.8) is 0 Å². The van der Waals surface area contributed by atoms with E-state index in [-0.39, 0.29) is 0 Å². The molecule has 0 aliphatic rings. The molecule has 2 aromatic rings. The molecule has 2 heteroatoms. The highest BCUT2D eigenvalue weighted by molar-refractivity contribution is 5.84. The molecular formula is C9H6N2. The van der Waals surface area contributed by atoms with Crippen molar-refractivity contribution in [2.75, 3.05) is 0 Å². The van der Waals surface area contributed by atoms with Crippen molar-refractivity contribution >= 4 is 10.9 Å². The molecule has 0 amide bonds. The predicted octanol–water partition coefficient (Wildman–Crippen LogP) is 1.54. The minimum Gasteiger partial charge on any atom is -0.360 e. The summed E-state index contributed by atoms with van der Waals surface area (Å²) in [6.07, 6.45) is 10.6. The molecule has 0 fully saturated rings. The molecule has 0 saturated carbocycles. The molecule has 52 valence electrons. The van der Waals surface area contributed by atoms with Gasteiger partial charge in [0.2, 0.25) is 0 Å².